The van der Waals surface area contributed by atoms with Crippen LogP contribution >= 0.6 is 23.1 Å². The third kappa shape index (κ3) is 2.33. The second-order valence-electron chi connectivity index (χ2n) is 3.44. The van der Waals surface area contributed by atoms with E-state index < -0.39 is 5.97 Å². The number of aromatic nitrogens is 2. The van der Waals surface area contributed by atoms with E-state index in [0.29, 0.717) is 15.5 Å². The van der Waals surface area contributed by atoms with Gasteiger partial charge in [-0.3, -0.25) is 0 Å². The van der Waals surface area contributed by atoms with Crippen LogP contribution in [-0.2, 0) is 0 Å². The van der Waals surface area contributed by atoms with Gasteiger partial charge in [-0.25, -0.2) is 14.8 Å². The molecule has 18 heavy (non-hydrogen) atoms. The number of aromatic carboxylic acids is 1. The van der Waals surface area contributed by atoms with Crippen LogP contribution in [0.25, 0.3) is 10.2 Å². The van der Waals surface area contributed by atoms with E-state index in [4.69, 9.17) is 5.11 Å². The summed E-state index contributed by atoms with van der Waals surface area (Å²) in [5.74, 6) is 5.49. The fraction of sp³-hybridized carbons (Fsp3) is 0.250. The lowest BCUT2D eigenvalue weighted by atomic mass is 10.2. The standard InChI is InChI=1S/C12H10N2O2S2/c1-3-4-5-17-10-8-7(2)9(12(15)16)18-11(8)14-6-13-10/h6H,5H2,1-2H3,(H,15,16). The highest BCUT2D eigenvalue weighted by atomic mass is 32.2. The first-order chi connectivity index (χ1) is 8.65. The van der Waals surface area contributed by atoms with Gasteiger partial charge in [-0.1, -0.05) is 17.7 Å². The van der Waals surface area contributed by atoms with Crippen LogP contribution in [0.3, 0.4) is 0 Å². The Morgan fingerprint density at radius 2 is 2.33 bits per heavy atom. The molecule has 0 saturated heterocycles. The lowest BCUT2D eigenvalue weighted by Gasteiger charge is -1.99. The van der Waals surface area contributed by atoms with Crippen molar-refractivity contribution in [2.45, 2.75) is 18.9 Å². The zero-order valence-corrected chi connectivity index (χ0v) is 11.5. The number of fused-ring (bicyclic) bond motifs is 1. The van der Waals surface area contributed by atoms with E-state index in [1.165, 1.54) is 29.4 Å². The van der Waals surface area contributed by atoms with Crippen molar-refractivity contribution in [2.75, 3.05) is 5.75 Å². The lowest BCUT2D eigenvalue weighted by Crippen LogP contribution is -1.94. The van der Waals surface area contributed by atoms with E-state index in [-0.39, 0.29) is 0 Å². The molecular formula is C12H10N2O2S2. The largest absolute Gasteiger partial charge is 0.477 e. The molecule has 0 aliphatic heterocycles. The van der Waals surface area contributed by atoms with Gasteiger partial charge in [0.15, 0.2) is 0 Å². The molecule has 2 rings (SSSR count). The molecule has 0 aliphatic carbocycles. The number of hydrogen-bond acceptors (Lipinski definition) is 5. The molecule has 0 unspecified atom stereocenters. The van der Waals surface area contributed by atoms with E-state index in [0.717, 1.165) is 16.0 Å². The van der Waals surface area contributed by atoms with Crippen LogP contribution in [0.1, 0.15) is 22.2 Å². The van der Waals surface area contributed by atoms with E-state index in [1.54, 1.807) is 13.8 Å². The number of rotatable bonds is 3. The Balaban J connectivity index is 2.53. The molecule has 4 nitrogen and oxygen atoms in total. The van der Waals surface area contributed by atoms with Gasteiger partial charge in [-0.2, -0.15) is 0 Å². The Kier molecular flexibility index (Phi) is 3.84. The smallest absolute Gasteiger partial charge is 0.346 e. The van der Waals surface area contributed by atoms with Gasteiger partial charge in [0.25, 0.3) is 0 Å². The summed E-state index contributed by atoms with van der Waals surface area (Å²) < 4.78 is 0. The van der Waals surface area contributed by atoms with E-state index >= 15 is 0 Å². The Bertz CT molecular complexity index is 668. The third-order valence-electron chi connectivity index (χ3n) is 2.34. The van der Waals surface area contributed by atoms with Crippen molar-refractivity contribution in [3.05, 3.63) is 16.8 Å². The summed E-state index contributed by atoms with van der Waals surface area (Å²) in [6, 6.07) is 0. The first-order valence-corrected chi connectivity index (χ1v) is 6.95. The van der Waals surface area contributed by atoms with Gasteiger partial charge in [0, 0.05) is 5.39 Å². The van der Waals surface area contributed by atoms with Crippen molar-refractivity contribution in [3.8, 4) is 11.8 Å². The van der Waals surface area contributed by atoms with Crippen LogP contribution in [0.2, 0.25) is 0 Å². The topological polar surface area (TPSA) is 63.1 Å². The highest BCUT2D eigenvalue weighted by Gasteiger charge is 2.18. The minimum atomic E-state index is -0.917. The first-order valence-electron chi connectivity index (χ1n) is 5.15. The van der Waals surface area contributed by atoms with E-state index in [9.17, 15) is 4.79 Å². The Labute approximate surface area is 112 Å². The maximum Gasteiger partial charge on any atom is 0.346 e. The zero-order valence-electron chi connectivity index (χ0n) is 9.85. The van der Waals surface area contributed by atoms with Crippen molar-refractivity contribution in [2.24, 2.45) is 0 Å². The van der Waals surface area contributed by atoms with Crippen LogP contribution in [0.15, 0.2) is 11.4 Å². The van der Waals surface area contributed by atoms with Crippen LogP contribution < -0.4 is 0 Å². The fourth-order valence-electron chi connectivity index (χ4n) is 1.53. The maximum absolute atomic E-state index is 11.1. The summed E-state index contributed by atoms with van der Waals surface area (Å²) in [6.07, 6.45) is 1.46. The Morgan fingerprint density at radius 1 is 1.56 bits per heavy atom. The molecule has 0 bridgehead atoms. The Hall–Kier alpha value is -1.58. The zero-order chi connectivity index (χ0) is 13.1. The van der Waals surface area contributed by atoms with Gasteiger partial charge in [-0.15, -0.1) is 17.3 Å². The molecule has 6 heteroatoms. The monoisotopic (exact) mass is 278 g/mol. The fourth-order valence-corrected chi connectivity index (χ4v) is 3.45. The second-order valence-corrected chi connectivity index (χ2v) is 5.40. The number of carbonyl (C=O) groups is 1. The number of thioether (sulfide) groups is 1. The number of carboxylic acids is 1. The van der Waals surface area contributed by atoms with Gasteiger partial charge in [0.05, 0.1) is 5.75 Å². The second kappa shape index (κ2) is 5.38. The lowest BCUT2D eigenvalue weighted by molar-refractivity contribution is 0.0701. The van der Waals surface area contributed by atoms with Crippen LogP contribution in [-0.4, -0.2) is 26.8 Å². The van der Waals surface area contributed by atoms with Crippen molar-refractivity contribution >= 4 is 39.3 Å². The average Bonchev–Trinajstić information content (AvgIpc) is 2.68. The van der Waals surface area contributed by atoms with Gasteiger partial charge >= 0.3 is 5.97 Å². The number of nitrogens with zero attached hydrogens (tertiary/aromatic N) is 2. The van der Waals surface area contributed by atoms with Crippen molar-refractivity contribution in [1.82, 2.24) is 9.97 Å². The summed E-state index contributed by atoms with van der Waals surface area (Å²) in [4.78, 5) is 20.5. The summed E-state index contributed by atoms with van der Waals surface area (Å²) >= 11 is 2.69. The molecule has 2 aromatic heterocycles. The maximum atomic E-state index is 11.1. The predicted molar refractivity (Wildman–Crippen MR) is 73.3 cm³/mol. The molecule has 0 saturated carbocycles. The minimum absolute atomic E-state index is 0.328. The van der Waals surface area contributed by atoms with E-state index in [1.807, 2.05) is 0 Å². The summed E-state index contributed by atoms with van der Waals surface area (Å²) in [6.45, 7) is 3.58. The van der Waals surface area contributed by atoms with Gasteiger partial charge in [0.2, 0.25) is 0 Å². The summed E-state index contributed by atoms with van der Waals surface area (Å²) in [7, 11) is 0. The molecule has 0 spiro atoms. The minimum Gasteiger partial charge on any atom is -0.477 e. The van der Waals surface area contributed by atoms with Crippen LogP contribution in [0.4, 0.5) is 0 Å². The normalized spacial score (nSPS) is 10.1. The third-order valence-corrected chi connectivity index (χ3v) is 4.40. The number of carboxylic acid groups (broad SMARTS) is 1. The quantitative estimate of drug-likeness (QED) is 0.531. The van der Waals surface area contributed by atoms with Crippen molar-refractivity contribution in [3.63, 3.8) is 0 Å². The molecular weight excluding hydrogens is 268 g/mol. The van der Waals surface area contributed by atoms with Gasteiger partial charge in [-0.05, 0) is 19.4 Å². The average molecular weight is 278 g/mol. The van der Waals surface area contributed by atoms with E-state index in [2.05, 4.69) is 21.8 Å². The number of hydrogen-bond donors (Lipinski definition) is 1. The molecule has 0 amide bonds. The Morgan fingerprint density at radius 3 is 3.00 bits per heavy atom. The molecule has 0 fully saturated rings. The molecule has 2 heterocycles. The molecule has 0 aliphatic rings. The summed E-state index contributed by atoms with van der Waals surface area (Å²) in [5, 5.41) is 10.7. The molecule has 0 radical (unpaired) electrons. The highest BCUT2D eigenvalue weighted by Crippen LogP contribution is 2.34. The van der Waals surface area contributed by atoms with Gasteiger partial charge in [0.1, 0.15) is 21.1 Å². The van der Waals surface area contributed by atoms with Crippen LogP contribution in [0, 0.1) is 18.8 Å². The van der Waals surface area contributed by atoms with Gasteiger partial charge < -0.3 is 5.11 Å². The molecule has 0 aromatic carbocycles. The molecule has 1 N–H and O–H groups in total. The predicted octanol–water partition coefficient (Wildman–Crippen LogP) is 2.81. The molecule has 2 aromatic rings. The van der Waals surface area contributed by atoms with Crippen LogP contribution in [0.5, 0.6) is 0 Å². The van der Waals surface area contributed by atoms with Crippen molar-refractivity contribution in [1.29, 1.82) is 0 Å². The molecule has 92 valence electrons. The highest BCUT2D eigenvalue weighted by molar-refractivity contribution is 7.99. The summed E-state index contributed by atoms with van der Waals surface area (Å²) in [5.41, 5.74) is 0.732. The number of aryl methyl sites for hydroxylation is 1. The number of thiophene rings is 1. The first kappa shape index (κ1) is 12.9. The molecule has 0 atom stereocenters. The SMILES string of the molecule is CC#CCSc1ncnc2sc(C(=O)O)c(C)c12. The van der Waals surface area contributed by atoms with Crippen molar-refractivity contribution < 1.29 is 9.90 Å².